The molecule has 30 heavy (non-hydrogen) atoms. The highest BCUT2D eigenvalue weighted by Gasteiger charge is 2.18. The fraction of sp³-hybridized carbons (Fsp3) is 0.208. The molecule has 0 atom stereocenters. The molecular formula is C24H25N3O2S. The van der Waals surface area contributed by atoms with Gasteiger partial charge in [0.05, 0.1) is 17.7 Å². The second kappa shape index (κ2) is 9.05. The SMILES string of the molecule is CCn1c(-c2cccs2)c(CNC(=O)NCc2cccc(OC)c2)c2ccccc21. The monoisotopic (exact) mass is 419 g/mol. The maximum atomic E-state index is 12.5. The minimum absolute atomic E-state index is 0.191. The second-order valence-electron chi connectivity index (χ2n) is 6.95. The van der Waals surface area contributed by atoms with Crippen molar-refractivity contribution in [2.75, 3.05) is 7.11 Å². The van der Waals surface area contributed by atoms with Gasteiger partial charge in [0.2, 0.25) is 0 Å². The second-order valence-corrected chi connectivity index (χ2v) is 7.90. The first-order chi connectivity index (χ1) is 14.7. The number of hydrogen-bond acceptors (Lipinski definition) is 3. The highest BCUT2D eigenvalue weighted by molar-refractivity contribution is 7.13. The minimum Gasteiger partial charge on any atom is -0.497 e. The van der Waals surface area contributed by atoms with Crippen molar-refractivity contribution in [2.45, 2.75) is 26.6 Å². The van der Waals surface area contributed by atoms with E-state index in [9.17, 15) is 4.79 Å². The molecule has 0 unspecified atom stereocenters. The molecule has 6 heteroatoms. The van der Waals surface area contributed by atoms with Crippen LogP contribution < -0.4 is 15.4 Å². The summed E-state index contributed by atoms with van der Waals surface area (Å²) < 4.78 is 7.57. The number of amides is 2. The molecule has 0 aliphatic rings. The lowest BCUT2D eigenvalue weighted by Gasteiger charge is -2.11. The Balaban J connectivity index is 1.53. The van der Waals surface area contributed by atoms with Crippen LogP contribution in [0.4, 0.5) is 4.79 Å². The van der Waals surface area contributed by atoms with Gasteiger partial charge < -0.3 is 19.9 Å². The highest BCUT2D eigenvalue weighted by atomic mass is 32.1. The molecule has 0 aliphatic heterocycles. The number of ether oxygens (including phenoxy) is 1. The van der Waals surface area contributed by atoms with E-state index < -0.39 is 0 Å². The number of nitrogens with zero attached hydrogens (tertiary/aromatic N) is 1. The number of rotatable bonds is 7. The molecular weight excluding hydrogens is 394 g/mol. The van der Waals surface area contributed by atoms with Crippen LogP contribution in [0.2, 0.25) is 0 Å². The number of carbonyl (C=O) groups excluding carboxylic acids is 1. The largest absolute Gasteiger partial charge is 0.497 e. The Bertz CT molecular complexity index is 1150. The smallest absolute Gasteiger partial charge is 0.315 e. The third-order valence-corrected chi connectivity index (χ3v) is 6.04. The number of para-hydroxylation sites is 1. The van der Waals surface area contributed by atoms with E-state index in [0.717, 1.165) is 23.4 Å². The molecule has 0 saturated carbocycles. The zero-order chi connectivity index (χ0) is 20.9. The zero-order valence-electron chi connectivity index (χ0n) is 17.1. The van der Waals surface area contributed by atoms with Crippen LogP contribution in [0.1, 0.15) is 18.1 Å². The van der Waals surface area contributed by atoms with Crippen molar-refractivity contribution in [1.29, 1.82) is 0 Å². The third-order valence-electron chi connectivity index (χ3n) is 5.16. The Morgan fingerprint density at radius 1 is 1.03 bits per heavy atom. The number of thiophene rings is 1. The van der Waals surface area contributed by atoms with Crippen molar-refractivity contribution >= 4 is 28.3 Å². The fourth-order valence-corrected chi connectivity index (χ4v) is 4.58. The van der Waals surface area contributed by atoms with E-state index in [1.54, 1.807) is 18.4 Å². The van der Waals surface area contributed by atoms with Crippen LogP contribution in [-0.4, -0.2) is 17.7 Å². The molecule has 0 bridgehead atoms. The lowest BCUT2D eigenvalue weighted by Crippen LogP contribution is -2.34. The molecule has 0 fully saturated rings. The molecule has 4 aromatic rings. The average molecular weight is 420 g/mol. The number of aromatic nitrogens is 1. The molecule has 5 nitrogen and oxygen atoms in total. The standard InChI is InChI=1S/C24H25N3O2S/c1-3-27-21-11-5-4-10-19(21)20(23(27)22-12-7-13-30-22)16-26-24(28)25-15-17-8-6-9-18(14-17)29-2/h4-14H,3,15-16H2,1-2H3,(H2,25,26,28). The Kier molecular flexibility index (Phi) is 6.05. The predicted molar refractivity (Wildman–Crippen MR) is 123 cm³/mol. The Hall–Kier alpha value is -3.25. The molecule has 0 saturated heterocycles. The van der Waals surface area contributed by atoms with Crippen LogP contribution >= 0.6 is 11.3 Å². The summed E-state index contributed by atoms with van der Waals surface area (Å²) in [5, 5.41) is 9.24. The van der Waals surface area contributed by atoms with Crippen molar-refractivity contribution in [3.63, 3.8) is 0 Å². The molecule has 0 aliphatic carbocycles. The maximum Gasteiger partial charge on any atom is 0.315 e. The Morgan fingerprint density at radius 2 is 1.87 bits per heavy atom. The highest BCUT2D eigenvalue weighted by Crippen LogP contribution is 2.36. The molecule has 0 spiro atoms. The summed E-state index contributed by atoms with van der Waals surface area (Å²) in [6.45, 7) is 3.93. The molecule has 2 aromatic carbocycles. The Labute approximate surface area is 180 Å². The number of nitrogens with one attached hydrogen (secondary N) is 2. The van der Waals surface area contributed by atoms with Crippen LogP contribution in [0.5, 0.6) is 5.75 Å². The van der Waals surface area contributed by atoms with Gasteiger partial charge in [-0.1, -0.05) is 36.4 Å². The van der Waals surface area contributed by atoms with Gasteiger partial charge in [0.1, 0.15) is 5.75 Å². The lowest BCUT2D eigenvalue weighted by atomic mass is 10.1. The lowest BCUT2D eigenvalue weighted by molar-refractivity contribution is 0.240. The summed E-state index contributed by atoms with van der Waals surface area (Å²) in [5.41, 5.74) is 4.51. The summed E-state index contributed by atoms with van der Waals surface area (Å²) >= 11 is 1.72. The van der Waals surface area contributed by atoms with Gasteiger partial charge in [-0.2, -0.15) is 0 Å². The van der Waals surface area contributed by atoms with Gasteiger partial charge in [0.15, 0.2) is 0 Å². The average Bonchev–Trinajstić information content (AvgIpc) is 3.42. The topological polar surface area (TPSA) is 55.3 Å². The van der Waals surface area contributed by atoms with E-state index in [-0.39, 0.29) is 6.03 Å². The van der Waals surface area contributed by atoms with E-state index in [4.69, 9.17) is 4.74 Å². The van der Waals surface area contributed by atoms with E-state index in [1.807, 2.05) is 30.3 Å². The number of hydrogen-bond donors (Lipinski definition) is 2. The number of methoxy groups -OCH3 is 1. The van der Waals surface area contributed by atoms with Crippen molar-refractivity contribution < 1.29 is 9.53 Å². The van der Waals surface area contributed by atoms with E-state index in [0.29, 0.717) is 13.1 Å². The summed E-state index contributed by atoms with van der Waals surface area (Å²) in [5.74, 6) is 0.780. The molecule has 2 heterocycles. The van der Waals surface area contributed by atoms with Crippen LogP contribution in [0.15, 0.2) is 66.0 Å². The summed E-state index contributed by atoms with van der Waals surface area (Å²) in [6.07, 6.45) is 0. The Morgan fingerprint density at radius 3 is 2.63 bits per heavy atom. The molecule has 4 rings (SSSR count). The number of fused-ring (bicyclic) bond motifs is 1. The van der Waals surface area contributed by atoms with Crippen LogP contribution in [0.25, 0.3) is 21.5 Å². The van der Waals surface area contributed by atoms with E-state index in [1.165, 1.54) is 21.5 Å². The predicted octanol–water partition coefficient (Wildman–Crippen LogP) is 5.40. The molecule has 2 amide bonds. The van der Waals surface area contributed by atoms with Gasteiger partial charge in [-0.25, -0.2) is 4.79 Å². The van der Waals surface area contributed by atoms with E-state index in [2.05, 4.69) is 57.8 Å². The fourth-order valence-electron chi connectivity index (χ4n) is 3.77. The normalized spacial score (nSPS) is 10.9. The maximum absolute atomic E-state index is 12.5. The van der Waals surface area contributed by atoms with Gasteiger partial charge in [0, 0.05) is 36.1 Å². The summed E-state index contributed by atoms with van der Waals surface area (Å²) in [4.78, 5) is 13.7. The van der Waals surface area contributed by atoms with E-state index >= 15 is 0 Å². The van der Waals surface area contributed by atoms with Crippen LogP contribution in [0.3, 0.4) is 0 Å². The molecule has 0 radical (unpaired) electrons. The van der Waals surface area contributed by atoms with Gasteiger partial charge in [-0.3, -0.25) is 0 Å². The number of carbonyl (C=O) groups is 1. The van der Waals surface area contributed by atoms with Gasteiger partial charge in [0.25, 0.3) is 0 Å². The van der Waals surface area contributed by atoms with Crippen molar-refractivity contribution in [2.24, 2.45) is 0 Å². The van der Waals surface area contributed by atoms with Crippen LogP contribution in [0, 0.1) is 0 Å². The molecule has 154 valence electrons. The van der Waals surface area contributed by atoms with Gasteiger partial charge in [-0.15, -0.1) is 11.3 Å². The quantitative estimate of drug-likeness (QED) is 0.421. The number of benzene rings is 2. The number of aryl methyl sites for hydroxylation is 1. The molecule has 2 N–H and O–H groups in total. The van der Waals surface area contributed by atoms with Crippen molar-refractivity contribution in [3.8, 4) is 16.3 Å². The third kappa shape index (κ3) is 4.04. The molecule has 2 aromatic heterocycles. The van der Waals surface area contributed by atoms with Crippen molar-refractivity contribution in [1.82, 2.24) is 15.2 Å². The zero-order valence-corrected chi connectivity index (χ0v) is 18.0. The summed E-state index contributed by atoms with van der Waals surface area (Å²) in [6, 6.07) is 20.1. The first kappa shape index (κ1) is 20.0. The van der Waals surface area contributed by atoms with Crippen LogP contribution in [-0.2, 0) is 19.6 Å². The first-order valence-corrected chi connectivity index (χ1v) is 10.9. The first-order valence-electron chi connectivity index (χ1n) is 10.00. The van der Waals surface area contributed by atoms with Crippen molar-refractivity contribution in [3.05, 3.63) is 77.2 Å². The summed E-state index contributed by atoms with van der Waals surface area (Å²) in [7, 11) is 1.64. The van der Waals surface area contributed by atoms with Gasteiger partial charge >= 0.3 is 6.03 Å². The minimum atomic E-state index is -0.191. The number of urea groups is 1. The van der Waals surface area contributed by atoms with Gasteiger partial charge in [-0.05, 0) is 42.1 Å².